The SMILES string of the molecule is FC(F)(F)c1ccc2nc(CNCc3ccco3)[nH]c2c1. The zero-order valence-corrected chi connectivity index (χ0v) is 10.9. The molecule has 4 nitrogen and oxygen atoms in total. The molecule has 110 valence electrons. The van der Waals surface area contributed by atoms with Crippen LogP contribution in [-0.4, -0.2) is 9.97 Å². The van der Waals surface area contributed by atoms with Crippen molar-refractivity contribution < 1.29 is 17.6 Å². The van der Waals surface area contributed by atoms with Gasteiger partial charge in [0.15, 0.2) is 0 Å². The molecule has 0 atom stereocenters. The number of nitrogens with one attached hydrogen (secondary N) is 2. The van der Waals surface area contributed by atoms with Gasteiger partial charge in [-0.05, 0) is 30.3 Å². The van der Waals surface area contributed by atoms with E-state index in [1.165, 1.54) is 6.07 Å². The minimum Gasteiger partial charge on any atom is -0.468 e. The van der Waals surface area contributed by atoms with Gasteiger partial charge in [0.25, 0.3) is 0 Å². The minimum atomic E-state index is -4.35. The number of aromatic amines is 1. The lowest BCUT2D eigenvalue weighted by atomic mass is 10.2. The zero-order valence-electron chi connectivity index (χ0n) is 10.9. The van der Waals surface area contributed by atoms with Gasteiger partial charge in [-0.25, -0.2) is 4.98 Å². The number of rotatable bonds is 4. The van der Waals surface area contributed by atoms with Crippen LogP contribution in [0.1, 0.15) is 17.1 Å². The topological polar surface area (TPSA) is 53.9 Å². The van der Waals surface area contributed by atoms with Crippen molar-refractivity contribution in [3.8, 4) is 0 Å². The molecule has 21 heavy (non-hydrogen) atoms. The first kappa shape index (κ1) is 13.7. The number of fused-ring (bicyclic) bond motifs is 1. The fraction of sp³-hybridized carbons (Fsp3) is 0.214. The maximum atomic E-state index is 12.6. The van der Waals surface area contributed by atoms with Gasteiger partial charge in [-0.2, -0.15) is 13.2 Å². The second-order valence-corrected chi connectivity index (χ2v) is 4.60. The van der Waals surface area contributed by atoms with Gasteiger partial charge in [0.1, 0.15) is 11.6 Å². The number of furan rings is 1. The second-order valence-electron chi connectivity index (χ2n) is 4.60. The Balaban J connectivity index is 1.72. The summed E-state index contributed by atoms with van der Waals surface area (Å²) < 4.78 is 43.0. The van der Waals surface area contributed by atoms with Gasteiger partial charge < -0.3 is 14.7 Å². The average molecular weight is 295 g/mol. The molecule has 0 unspecified atom stereocenters. The fourth-order valence-electron chi connectivity index (χ4n) is 2.04. The molecule has 3 aromatic rings. The number of benzene rings is 1. The molecule has 0 fully saturated rings. The summed E-state index contributed by atoms with van der Waals surface area (Å²) in [6.45, 7) is 0.939. The van der Waals surface area contributed by atoms with E-state index in [0.717, 1.165) is 17.9 Å². The lowest BCUT2D eigenvalue weighted by Crippen LogP contribution is -2.13. The van der Waals surface area contributed by atoms with Gasteiger partial charge in [-0.3, -0.25) is 0 Å². The Kier molecular flexibility index (Phi) is 3.42. The molecule has 0 saturated heterocycles. The summed E-state index contributed by atoms with van der Waals surface area (Å²) in [5.74, 6) is 1.36. The number of halogens is 3. The van der Waals surface area contributed by atoms with E-state index < -0.39 is 11.7 Å². The van der Waals surface area contributed by atoms with Crippen molar-refractivity contribution in [3.63, 3.8) is 0 Å². The predicted octanol–water partition coefficient (Wildman–Crippen LogP) is 3.46. The van der Waals surface area contributed by atoms with Crippen LogP contribution in [-0.2, 0) is 19.3 Å². The summed E-state index contributed by atoms with van der Waals surface area (Å²) in [6, 6.07) is 7.09. The number of nitrogens with zero attached hydrogens (tertiary/aromatic N) is 1. The lowest BCUT2D eigenvalue weighted by molar-refractivity contribution is -0.137. The molecular formula is C14H12F3N3O. The highest BCUT2D eigenvalue weighted by Gasteiger charge is 2.30. The number of hydrogen-bond donors (Lipinski definition) is 2. The van der Waals surface area contributed by atoms with Gasteiger partial charge in [0.05, 0.1) is 35.9 Å². The quantitative estimate of drug-likeness (QED) is 0.775. The monoisotopic (exact) mass is 295 g/mol. The van der Waals surface area contributed by atoms with E-state index in [9.17, 15) is 13.2 Å². The molecule has 0 aliphatic rings. The Hall–Kier alpha value is -2.28. The van der Waals surface area contributed by atoms with Crippen LogP contribution in [0, 0.1) is 0 Å². The van der Waals surface area contributed by atoms with Crippen LogP contribution in [0.4, 0.5) is 13.2 Å². The van der Waals surface area contributed by atoms with Crippen LogP contribution in [0.3, 0.4) is 0 Å². The summed E-state index contributed by atoms with van der Waals surface area (Å²) in [4.78, 5) is 7.12. The summed E-state index contributed by atoms with van der Waals surface area (Å²) in [5, 5.41) is 3.10. The van der Waals surface area contributed by atoms with Crippen molar-refractivity contribution >= 4 is 11.0 Å². The second kappa shape index (κ2) is 5.25. The lowest BCUT2D eigenvalue weighted by Gasteiger charge is -2.05. The van der Waals surface area contributed by atoms with Gasteiger partial charge in [0, 0.05) is 0 Å². The first-order valence-electron chi connectivity index (χ1n) is 6.31. The van der Waals surface area contributed by atoms with Crippen LogP contribution >= 0.6 is 0 Å². The number of imidazole rings is 1. The molecule has 0 amide bonds. The standard InChI is InChI=1S/C14H12F3N3O/c15-14(16,17)9-3-4-11-12(6-9)20-13(19-11)8-18-7-10-2-1-5-21-10/h1-6,18H,7-8H2,(H,19,20). The number of H-pyrrole nitrogens is 1. The smallest absolute Gasteiger partial charge is 0.416 e. The Morgan fingerprint density at radius 2 is 2.05 bits per heavy atom. The molecular weight excluding hydrogens is 283 g/mol. The zero-order chi connectivity index (χ0) is 14.9. The van der Waals surface area contributed by atoms with E-state index in [1.54, 1.807) is 12.3 Å². The largest absolute Gasteiger partial charge is 0.468 e. The maximum absolute atomic E-state index is 12.6. The third-order valence-corrected chi connectivity index (χ3v) is 3.03. The van der Waals surface area contributed by atoms with Crippen molar-refractivity contribution in [1.29, 1.82) is 0 Å². The first-order valence-corrected chi connectivity index (χ1v) is 6.31. The molecule has 0 aliphatic carbocycles. The number of hydrogen-bond acceptors (Lipinski definition) is 3. The summed E-state index contributed by atoms with van der Waals surface area (Å²) >= 11 is 0. The first-order chi connectivity index (χ1) is 10.0. The van der Waals surface area contributed by atoms with E-state index in [4.69, 9.17) is 4.42 Å². The van der Waals surface area contributed by atoms with Crippen LogP contribution in [0.15, 0.2) is 41.0 Å². The summed E-state index contributed by atoms with van der Waals surface area (Å²) in [6.07, 6.45) is -2.77. The molecule has 0 saturated carbocycles. The third-order valence-electron chi connectivity index (χ3n) is 3.03. The van der Waals surface area contributed by atoms with Crippen molar-refractivity contribution in [1.82, 2.24) is 15.3 Å². The molecule has 1 aromatic carbocycles. The highest BCUT2D eigenvalue weighted by molar-refractivity contribution is 5.76. The van der Waals surface area contributed by atoms with E-state index in [-0.39, 0.29) is 0 Å². The molecule has 0 spiro atoms. The predicted molar refractivity (Wildman–Crippen MR) is 70.3 cm³/mol. The Morgan fingerprint density at radius 1 is 1.19 bits per heavy atom. The van der Waals surface area contributed by atoms with Gasteiger partial charge in [0.2, 0.25) is 0 Å². The molecule has 0 aliphatic heterocycles. The average Bonchev–Trinajstić information content (AvgIpc) is 3.05. The molecule has 0 bridgehead atoms. The van der Waals surface area contributed by atoms with Gasteiger partial charge in [-0.1, -0.05) is 0 Å². The van der Waals surface area contributed by atoms with E-state index in [2.05, 4.69) is 15.3 Å². The van der Waals surface area contributed by atoms with E-state index in [1.807, 2.05) is 6.07 Å². The van der Waals surface area contributed by atoms with Crippen molar-refractivity contribution in [2.24, 2.45) is 0 Å². The highest BCUT2D eigenvalue weighted by atomic mass is 19.4. The van der Waals surface area contributed by atoms with Crippen molar-refractivity contribution in [3.05, 3.63) is 53.7 Å². The van der Waals surface area contributed by atoms with Crippen molar-refractivity contribution in [2.75, 3.05) is 0 Å². The molecule has 2 heterocycles. The Labute approximate surface area is 118 Å². The maximum Gasteiger partial charge on any atom is 0.416 e. The molecule has 3 rings (SSSR count). The number of aromatic nitrogens is 2. The summed E-state index contributed by atoms with van der Waals surface area (Å²) in [7, 11) is 0. The molecule has 0 radical (unpaired) electrons. The highest BCUT2D eigenvalue weighted by Crippen LogP contribution is 2.30. The number of alkyl halides is 3. The van der Waals surface area contributed by atoms with Gasteiger partial charge in [-0.15, -0.1) is 0 Å². The third kappa shape index (κ3) is 3.08. The Bertz CT molecular complexity index is 732. The molecule has 2 N–H and O–H groups in total. The molecule has 7 heteroatoms. The summed E-state index contributed by atoms with van der Waals surface area (Å²) in [5.41, 5.74) is 0.200. The van der Waals surface area contributed by atoms with Crippen LogP contribution in [0.5, 0.6) is 0 Å². The molecule has 2 aromatic heterocycles. The normalized spacial score (nSPS) is 12.1. The minimum absolute atomic E-state index is 0.375. The van der Waals surface area contributed by atoms with Crippen LogP contribution < -0.4 is 5.32 Å². The van der Waals surface area contributed by atoms with Crippen molar-refractivity contribution in [2.45, 2.75) is 19.3 Å². The van der Waals surface area contributed by atoms with E-state index >= 15 is 0 Å². The van der Waals surface area contributed by atoms with Crippen LogP contribution in [0.25, 0.3) is 11.0 Å². The van der Waals surface area contributed by atoms with E-state index in [0.29, 0.717) is 29.9 Å². The van der Waals surface area contributed by atoms with Gasteiger partial charge >= 0.3 is 6.18 Å². The fourth-order valence-corrected chi connectivity index (χ4v) is 2.04. The van der Waals surface area contributed by atoms with Crippen LogP contribution in [0.2, 0.25) is 0 Å². The Morgan fingerprint density at radius 3 is 2.76 bits per heavy atom.